The average molecular weight is 194 g/mol. The van der Waals surface area contributed by atoms with Crippen molar-refractivity contribution in [3.63, 3.8) is 0 Å². The first-order valence-corrected chi connectivity index (χ1v) is 3.54. The van der Waals surface area contributed by atoms with Crippen LogP contribution in [0.1, 0.15) is 20.3 Å². The normalized spacial score (nSPS) is 9.69. The van der Waals surface area contributed by atoms with E-state index in [2.05, 4.69) is 11.9 Å². The van der Waals surface area contributed by atoms with Crippen molar-refractivity contribution in [3.05, 3.63) is 12.7 Å². The second-order valence-corrected chi connectivity index (χ2v) is 3.15. The molecule has 0 saturated heterocycles. The fourth-order valence-electron chi connectivity index (χ4n) is 0.807. The quantitative estimate of drug-likeness (QED) is 0.495. The largest absolute Gasteiger partial charge is 0.481 e. The summed E-state index contributed by atoms with van der Waals surface area (Å²) < 4.78 is 0. The van der Waals surface area contributed by atoms with Crippen LogP contribution in [-0.4, -0.2) is 52.1 Å². The van der Waals surface area contributed by atoms with E-state index in [1.165, 1.54) is 0 Å². The second kappa shape index (κ2) is 6.18. The predicted octanol–water partition coefficient (Wildman–Crippen LogP) is 0.161. The van der Waals surface area contributed by atoms with Gasteiger partial charge in [0.25, 0.3) is 0 Å². The van der Waals surface area contributed by atoms with Crippen molar-refractivity contribution < 1.29 is 14.7 Å². The van der Waals surface area contributed by atoms with Gasteiger partial charge in [0.2, 0.25) is 5.91 Å². The van der Waals surface area contributed by atoms with Crippen LogP contribution in [0.4, 0.5) is 0 Å². The van der Waals surface area contributed by atoms with Gasteiger partial charge in [-0.15, -0.1) is 0 Å². The average Bonchev–Trinajstić information content (AvgIpc) is 1.83. The molecule has 0 spiro atoms. The molecule has 69 valence electrons. The third-order valence-electron chi connectivity index (χ3n) is 1.24. The molecule has 0 saturated carbocycles. The number of carbonyl (C=O) groups is 2. The van der Waals surface area contributed by atoms with Crippen LogP contribution in [0.2, 0.25) is 0 Å². The van der Waals surface area contributed by atoms with Crippen molar-refractivity contribution in [1.29, 1.82) is 0 Å². The second-order valence-electron chi connectivity index (χ2n) is 3.15. The summed E-state index contributed by atoms with van der Waals surface area (Å²) in [6.45, 7) is 6.55. The van der Waals surface area contributed by atoms with Gasteiger partial charge in [-0.2, -0.15) is 0 Å². The van der Waals surface area contributed by atoms with Crippen molar-refractivity contribution in [2.45, 2.75) is 25.8 Å². The van der Waals surface area contributed by atoms with Gasteiger partial charge in [-0.1, -0.05) is 6.58 Å². The van der Waals surface area contributed by atoms with Crippen LogP contribution in [0.25, 0.3) is 0 Å². The fraction of sp³-hybridized carbons (Fsp3) is 0.500. The van der Waals surface area contributed by atoms with Crippen molar-refractivity contribution >= 4 is 41.4 Å². The monoisotopic (exact) mass is 194 g/mol. The molecular weight excluding hydrogens is 181 g/mol. The van der Waals surface area contributed by atoms with E-state index in [4.69, 9.17) is 5.11 Å². The van der Waals surface area contributed by atoms with Crippen LogP contribution in [0.15, 0.2) is 12.7 Å². The SMILES string of the molecule is C=CC(=O)NC(C)(C)CC(=O)O.[Na]. The molecule has 13 heavy (non-hydrogen) atoms. The number of carboxylic acid groups (broad SMARTS) is 1. The Balaban J connectivity index is 0. The smallest absolute Gasteiger partial charge is 0.305 e. The van der Waals surface area contributed by atoms with Crippen LogP contribution < -0.4 is 5.32 Å². The van der Waals surface area contributed by atoms with Gasteiger partial charge >= 0.3 is 5.97 Å². The summed E-state index contributed by atoms with van der Waals surface area (Å²) in [5, 5.41) is 11.0. The van der Waals surface area contributed by atoms with Gasteiger partial charge in [0.1, 0.15) is 0 Å². The molecule has 0 aromatic heterocycles. The first-order valence-electron chi connectivity index (χ1n) is 3.54. The van der Waals surface area contributed by atoms with Crippen LogP contribution >= 0.6 is 0 Å². The summed E-state index contributed by atoms with van der Waals surface area (Å²) in [6.07, 6.45) is 1.01. The molecule has 0 atom stereocenters. The molecule has 2 N–H and O–H groups in total. The van der Waals surface area contributed by atoms with Crippen molar-refractivity contribution in [2.75, 3.05) is 0 Å². The van der Waals surface area contributed by atoms with Gasteiger partial charge in [-0.25, -0.2) is 0 Å². The molecule has 0 aliphatic carbocycles. The molecule has 0 bridgehead atoms. The molecule has 0 unspecified atom stereocenters. The van der Waals surface area contributed by atoms with E-state index in [1.54, 1.807) is 13.8 Å². The van der Waals surface area contributed by atoms with Gasteiger partial charge in [-0.05, 0) is 19.9 Å². The maximum atomic E-state index is 10.8. The summed E-state index contributed by atoms with van der Waals surface area (Å²) in [7, 11) is 0. The third kappa shape index (κ3) is 8.02. The standard InChI is InChI=1S/C8H13NO3.Na/c1-4-6(10)9-8(2,3)5-7(11)12;/h4H,1,5H2,2-3H3,(H,9,10)(H,11,12);. The van der Waals surface area contributed by atoms with E-state index in [-0.39, 0.29) is 41.9 Å². The summed E-state index contributed by atoms with van der Waals surface area (Å²) >= 11 is 0. The van der Waals surface area contributed by atoms with E-state index < -0.39 is 11.5 Å². The Bertz CT molecular complexity index is 213. The Morgan fingerprint density at radius 2 is 2.00 bits per heavy atom. The Labute approximate surface area is 99.7 Å². The van der Waals surface area contributed by atoms with Crippen molar-refractivity contribution in [1.82, 2.24) is 5.32 Å². The van der Waals surface area contributed by atoms with E-state index in [0.717, 1.165) is 6.08 Å². The van der Waals surface area contributed by atoms with Gasteiger partial charge in [0.15, 0.2) is 0 Å². The molecule has 1 amide bonds. The molecule has 0 aromatic rings. The number of amides is 1. The first-order chi connectivity index (χ1) is 5.37. The maximum absolute atomic E-state index is 10.8. The number of rotatable bonds is 4. The number of carboxylic acids is 1. The number of hydrogen-bond donors (Lipinski definition) is 2. The predicted molar refractivity (Wildman–Crippen MR) is 50.4 cm³/mol. The van der Waals surface area contributed by atoms with Gasteiger partial charge in [0.05, 0.1) is 6.42 Å². The van der Waals surface area contributed by atoms with Gasteiger partial charge in [0, 0.05) is 35.1 Å². The summed E-state index contributed by atoms with van der Waals surface area (Å²) in [5.74, 6) is -1.30. The molecule has 0 aromatic carbocycles. The zero-order chi connectivity index (χ0) is 9.78. The molecule has 0 fully saturated rings. The Kier molecular flexibility index (Phi) is 7.21. The molecule has 4 nitrogen and oxygen atoms in total. The van der Waals surface area contributed by atoms with Gasteiger partial charge in [-0.3, -0.25) is 9.59 Å². The van der Waals surface area contributed by atoms with Crippen LogP contribution in [0.3, 0.4) is 0 Å². The minimum absolute atomic E-state index is 0. The Morgan fingerprint density at radius 1 is 1.54 bits per heavy atom. The zero-order valence-electron chi connectivity index (χ0n) is 8.26. The summed E-state index contributed by atoms with van der Waals surface area (Å²) in [4.78, 5) is 21.1. The van der Waals surface area contributed by atoms with Gasteiger partial charge < -0.3 is 10.4 Å². The number of hydrogen-bond acceptors (Lipinski definition) is 2. The molecule has 5 heteroatoms. The van der Waals surface area contributed by atoms with E-state index >= 15 is 0 Å². The van der Waals surface area contributed by atoms with E-state index in [1.807, 2.05) is 0 Å². The molecule has 0 aliphatic heterocycles. The maximum Gasteiger partial charge on any atom is 0.305 e. The summed E-state index contributed by atoms with van der Waals surface area (Å²) in [5.41, 5.74) is -0.725. The Morgan fingerprint density at radius 3 is 2.31 bits per heavy atom. The topological polar surface area (TPSA) is 66.4 Å². The van der Waals surface area contributed by atoms with Crippen LogP contribution in [0, 0.1) is 0 Å². The van der Waals surface area contributed by atoms with Crippen molar-refractivity contribution in [3.8, 4) is 0 Å². The van der Waals surface area contributed by atoms with E-state index in [9.17, 15) is 9.59 Å². The molecular formula is C8H13NNaO3. The summed E-state index contributed by atoms with van der Waals surface area (Å²) in [6, 6.07) is 0. The molecule has 0 heterocycles. The minimum atomic E-state index is -0.940. The zero-order valence-corrected chi connectivity index (χ0v) is 10.3. The number of nitrogens with one attached hydrogen (secondary N) is 1. The minimum Gasteiger partial charge on any atom is -0.481 e. The van der Waals surface area contributed by atoms with E-state index in [0.29, 0.717) is 0 Å². The first kappa shape index (κ1) is 15.2. The molecule has 1 radical (unpaired) electrons. The van der Waals surface area contributed by atoms with Crippen LogP contribution in [0.5, 0.6) is 0 Å². The number of aliphatic carboxylic acids is 1. The Hall–Kier alpha value is -0.320. The molecule has 0 rings (SSSR count). The molecule has 0 aliphatic rings. The van der Waals surface area contributed by atoms with Crippen molar-refractivity contribution in [2.24, 2.45) is 0 Å². The van der Waals surface area contributed by atoms with Crippen LogP contribution in [-0.2, 0) is 9.59 Å². The third-order valence-corrected chi connectivity index (χ3v) is 1.24. The number of carbonyl (C=O) groups excluding carboxylic acids is 1. The fourth-order valence-corrected chi connectivity index (χ4v) is 0.807.